The van der Waals surface area contributed by atoms with E-state index in [1.807, 2.05) is 6.07 Å². The molecule has 0 bridgehead atoms. The van der Waals surface area contributed by atoms with Gasteiger partial charge in [0, 0.05) is 10.7 Å². The van der Waals surface area contributed by atoms with Crippen molar-refractivity contribution in [3.05, 3.63) is 58.1 Å². The predicted molar refractivity (Wildman–Crippen MR) is 84.7 cm³/mol. The minimum Gasteiger partial charge on any atom is -0.375 e. The summed E-state index contributed by atoms with van der Waals surface area (Å²) < 4.78 is 0. The van der Waals surface area contributed by atoms with E-state index in [1.54, 1.807) is 42.5 Å². The van der Waals surface area contributed by atoms with E-state index in [-0.39, 0.29) is 12.5 Å². The topological polar surface area (TPSA) is 64.9 Å². The van der Waals surface area contributed by atoms with Crippen molar-refractivity contribution in [2.24, 2.45) is 0 Å². The summed E-state index contributed by atoms with van der Waals surface area (Å²) in [5, 5.41) is 15.4. The van der Waals surface area contributed by atoms with Crippen LogP contribution in [0.5, 0.6) is 0 Å². The number of carbonyl (C=O) groups is 1. The molecular weight excluding hydrogens is 309 g/mol. The first-order valence-electron chi connectivity index (χ1n) is 6.07. The van der Waals surface area contributed by atoms with Gasteiger partial charge in [0.15, 0.2) is 0 Å². The van der Waals surface area contributed by atoms with Crippen LogP contribution in [0.1, 0.15) is 5.56 Å². The number of rotatable bonds is 4. The van der Waals surface area contributed by atoms with Gasteiger partial charge in [-0.15, -0.1) is 0 Å². The maximum absolute atomic E-state index is 11.8. The zero-order valence-electron chi connectivity index (χ0n) is 10.9. The van der Waals surface area contributed by atoms with Gasteiger partial charge in [-0.05, 0) is 36.4 Å². The standard InChI is InChI=1S/C15H11Cl2N3O/c16-11-2-1-3-12(7-11)20-15(21)9-19-14-6-10(8-18)4-5-13(14)17/h1-7,19H,9H2,(H,20,21). The first kappa shape index (κ1) is 15.2. The third-order valence-electron chi connectivity index (χ3n) is 2.64. The molecule has 0 heterocycles. The molecule has 0 aliphatic carbocycles. The molecule has 0 unspecified atom stereocenters. The van der Waals surface area contributed by atoms with Crippen LogP contribution in [0.3, 0.4) is 0 Å². The quantitative estimate of drug-likeness (QED) is 0.897. The van der Waals surface area contributed by atoms with Gasteiger partial charge >= 0.3 is 0 Å². The number of halogens is 2. The second kappa shape index (κ2) is 6.98. The Morgan fingerprint density at radius 1 is 1.19 bits per heavy atom. The lowest BCUT2D eigenvalue weighted by Gasteiger charge is -2.09. The van der Waals surface area contributed by atoms with Crippen molar-refractivity contribution in [3.8, 4) is 6.07 Å². The molecule has 21 heavy (non-hydrogen) atoms. The zero-order chi connectivity index (χ0) is 15.2. The number of nitrogens with one attached hydrogen (secondary N) is 2. The van der Waals surface area contributed by atoms with Crippen molar-refractivity contribution < 1.29 is 4.79 Å². The third-order valence-corrected chi connectivity index (χ3v) is 3.21. The highest BCUT2D eigenvalue weighted by molar-refractivity contribution is 6.33. The Balaban J connectivity index is 1.97. The largest absolute Gasteiger partial charge is 0.375 e. The van der Waals surface area contributed by atoms with Crippen molar-refractivity contribution >= 4 is 40.5 Å². The first-order valence-corrected chi connectivity index (χ1v) is 6.83. The molecule has 4 nitrogen and oxygen atoms in total. The summed E-state index contributed by atoms with van der Waals surface area (Å²) in [6.45, 7) is 0.0289. The van der Waals surface area contributed by atoms with Crippen LogP contribution in [0.4, 0.5) is 11.4 Å². The van der Waals surface area contributed by atoms with Gasteiger partial charge in [-0.2, -0.15) is 5.26 Å². The van der Waals surface area contributed by atoms with Gasteiger partial charge < -0.3 is 10.6 Å². The number of amides is 1. The Labute approximate surface area is 132 Å². The molecule has 0 spiro atoms. The molecule has 0 aliphatic rings. The minimum atomic E-state index is -0.240. The lowest BCUT2D eigenvalue weighted by molar-refractivity contribution is -0.114. The molecule has 0 saturated carbocycles. The summed E-state index contributed by atoms with van der Waals surface area (Å²) in [7, 11) is 0. The Hall–Kier alpha value is -2.22. The van der Waals surface area contributed by atoms with Crippen LogP contribution in [0.2, 0.25) is 10.0 Å². The fourth-order valence-corrected chi connectivity index (χ4v) is 2.05. The first-order chi connectivity index (χ1) is 10.1. The number of carbonyl (C=O) groups excluding carboxylic acids is 1. The van der Waals surface area contributed by atoms with Crippen molar-refractivity contribution in [2.75, 3.05) is 17.2 Å². The molecule has 2 rings (SSSR count). The number of benzene rings is 2. The normalized spacial score (nSPS) is 9.76. The molecule has 2 N–H and O–H groups in total. The third kappa shape index (κ3) is 4.38. The van der Waals surface area contributed by atoms with Gasteiger partial charge in [-0.1, -0.05) is 29.3 Å². The molecule has 0 radical (unpaired) electrons. The Kier molecular flexibility index (Phi) is 5.04. The van der Waals surface area contributed by atoms with Crippen LogP contribution in [0, 0.1) is 11.3 Å². The summed E-state index contributed by atoms with van der Waals surface area (Å²) in [5.74, 6) is -0.240. The molecule has 0 atom stereocenters. The average Bonchev–Trinajstić information content (AvgIpc) is 2.46. The van der Waals surface area contributed by atoms with Crippen LogP contribution in [0.25, 0.3) is 0 Å². The SMILES string of the molecule is N#Cc1ccc(Cl)c(NCC(=O)Nc2cccc(Cl)c2)c1. The fraction of sp³-hybridized carbons (Fsp3) is 0.0667. The zero-order valence-corrected chi connectivity index (χ0v) is 12.4. The number of nitrogens with zero attached hydrogens (tertiary/aromatic N) is 1. The maximum atomic E-state index is 11.8. The second-order valence-corrected chi connectivity index (χ2v) is 5.06. The van der Waals surface area contributed by atoms with E-state index < -0.39 is 0 Å². The van der Waals surface area contributed by atoms with E-state index in [2.05, 4.69) is 10.6 Å². The Bertz CT molecular complexity index is 710. The average molecular weight is 320 g/mol. The van der Waals surface area contributed by atoms with E-state index in [9.17, 15) is 4.79 Å². The van der Waals surface area contributed by atoms with Gasteiger partial charge in [0.1, 0.15) is 0 Å². The van der Waals surface area contributed by atoms with Gasteiger partial charge in [-0.25, -0.2) is 0 Å². The van der Waals surface area contributed by atoms with Crippen LogP contribution >= 0.6 is 23.2 Å². The van der Waals surface area contributed by atoms with Gasteiger partial charge in [0.05, 0.1) is 28.9 Å². The van der Waals surface area contributed by atoms with Crippen LogP contribution < -0.4 is 10.6 Å². The molecule has 2 aromatic carbocycles. The predicted octanol–water partition coefficient (Wildman–Crippen LogP) is 3.92. The summed E-state index contributed by atoms with van der Waals surface area (Å²) in [6, 6.07) is 13.7. The van der Waals surface area contributed by atoms with Gasteiger partial charge in [0.2, 0.25) is 5.91 Å². The highest BCUT2D eigenvalue weighted by Gasteiger charge is 2.06. The van der Waals surface area contributed by atoms with Crippen molar-refractivity contribution in [3.63, 3.8) is 0 Å². The molecular formula is C15H11Cl2N3O. The number of nitriles is 1. The smallest absolute Gasteiger partial charge is 0.243 e. The lowest BCUT2D eigenvalue weighted by Crippen LogP contribution is -2.21. The number of hydrogen-bond donors (Lipinski definition) is 2. The molecule has 0 aromatic heterocycles. The van der Waals surface area contributed by atoms with Gasteiger partial charge in [-0.3, -0.25) is 4.79 Å². The van der Waals surface area contributed by atoms with E-state index in [4.69, 9.17) is 28.5 Å². The van der Waals surface area contributed by atoms with E-state index in [0.29, 0.717) is 27.0 Å². The summed E-state index contributed by atoms with van der Waals surface area (Å²) in [4.78, 5) is 11.8. The Morgan fingerprint density at radius 2 is 2.00 bits per heavy atom. The fourth-order valence-electron chi connectivity index (χ4n) is 1.68. The summed E-state index contributed by atoms with van der Waals surface area (Å²) in [6.07, 6.45) is 0. The minimum absolute atomic E-state index is 0.0289. The van der Waals surface area contributed by atoms with Crippen LogP contribution in [-0.4, -0.2) is 12.5 Å². The molecule has 0 fully saturated rings. The number of anilines is 2. The highest BCUT2D eigenvalue weighted by atomic mass is 35.5. The van der Waals surface area contributed by atoms with Crippen molar-refractivity contribution in [2.45, 2.75) is 0 Å². The molecule has 6 heteroatoms. The van der Waals surface area contributed by atoms with Gasteiger partial charge in [0.25, 0.3) is 0 Å². The lowest BCUT2D eigenvalue weighted by atomic mass is 10.2. The summed E-state index contributed by atoms with van der Waals surface area (Å²) >= 11 is 11.8. The molecule has 1 amide bonds. The maximum Gasteiger partial charge on any atom is 0.243 e. The second-order valence-electron chi connectivity index (χ2n) is 4.22. The van der Waals surface area contributed by atoms with Crippen molar-refractivity contribution in [1.29, 1.82) is 5.26 Å². The van der Waals surface area contributed by atoms with E-state index >= 15 is 0 Å². The molecule has 0 aliphatic heterocycles. The van der Waals surface area contributed by atoms with E-state index in [0.717, 1.165) is 0 Å². The van der Waals surface area contributed by atoms with Crippen LogP contribution in [0.15, 0.2) is 42.5 Å². The van der Waals surface area contributed by atoms with Crippen molar-refractivity contribution in [1.82, 2.24) is 0 Å². The van der Waals surface area contributed by atoms with E-state index in [1.165, 1.54) is 0 Å². The monoisotopic (exact) mass is 319 g/mol. The van der Waals surface area contributed by atoms with Crippen LogP contribution in [-0.2, 0) is 4.79 Å². The Morgan fingerprint density at radius 3 is 2.71 bits per heavy atom. The molecule has 106 valence electrons. The highest BCUT2D eigenvalue weighted by Crippen LogP contribution is 2.22. The molecule has 2 aromatic rings. The molecule has 0 saturated heterocycles. The summed E-state index contributed by atoms with van der Waals surface area (Å²) in [5.41, 5.74) is 1.63. The number of hydrogen-bond acceptors (Lipinski definition) is 3.